The number of carbonyl (C=O) groups excluding carboxylic acids is 1. The number of nitrogens with two attached hydrogens (primary N) is 1. The highest BCUT2D eigenvalue weighted by Crippen LogP contribution is 2.44. The van der Waals surface area contributed by atoms with Gasteiger partial charge in [-0.05, 0) is 23.8 Å². The van der Waals surface area contributed by atoms with E-state index in [0.29, 0.717) is 16.9 Å². The quantitative estimate of drug-likeness (QED) is 0.733. The van der Waals surface area contributed by atoms with E-state index in [4.69, 9.17) is 15.2 Å². The van der Waals surface area contributed by atoms with Gasteiger partial charge in [-0.15, -0.1) is 0 Å². The third-order valence-corrected chi connectivity index (χ3v) is 3.69. The molecule has 4 N–H and O–H groups in total. The first-order chi connectivity index (χ1) is 11.0. The maximum absolute atomic E-state index is 12.2. The molecule has 3 rings (SSSR count). The van der Waals surface area contributed by atoms with Gasteiger partial charge in [-0.3, -0.25) is 0 Å². The maximum atomic E-state index is 12.2. The number of aromatic hydroxyl groups is 2. The zero-order valence-corrected chi connectivity index (χ0v) is 12.3. The Hall–Kier alpha value is -3.15. The van der Waals surface area contributed by atoms with Crippen LogP contribution in [0.1, 0.15) is 17.0 Å². The molecule has 6 nitrogen and oxygen atoms in total. The van der Waals surface area contributed by atoms with Crippen molar-refractivity contribution in [1.29, 1.82) is 0 Å². The lowest BCUT2D eigenvalue weighted by Gasteiger charge is -2.28. The number of esters is 1. The molecule has 1 aliphatic rings. The van der Waals surface area contributed by atoms with E-state index in [1.54, 1.807) is 24.3 Å². The van der Waals surface area contributed by atoms with Crippen molar-refractivity contribution < 1.29 is 24.5 Å². The van der Waals surface area contributed by atoms with E-state index < -0.39 is 11.9 Å². The van der Waals surface area contributed by atoms with Crippen LogP contribution in [0, 0.1) is 0 Å². The lowest BCUT2D eigenvalue weighted by atomic mass is 9.83. The molecular formula is C17H15NO5. The lowest BCUT2D eigenvalue weighted by molar-refractivity contribution is -0.136. The zero-order chi connectivity index (χ0) is 16.6. The van der Waals surface area contributed by atoms with Gasteiger partial charge in [-0.25, -0.2) is 4.79 Å². The average molecular weight is 313 g/mol. The smallest absolute Gasteiger partial charge is 0.340 e. The van der Waals surface area contributed by atoms with Gasteiger partial charge in [-0.1, -0.05) is 18.2 Å². The van der Waals surface area contributed by atoms with Crippen molar-refractivity contribution in [2.75, 3.05) is 7.11 Å². The summed E-state index contributed by atoms with van der Waals surface area (Å²) < 4.78 is 10.3. The zero-order valence-electron chi connectivity index (χ0n) is 12.3. The summed E-state index contributed by atoms with van der Waals surface area (Å²) in [5.41, 5.74) is 7.35. The number of phenols is 2. The summed E-state index contributed by atoms with van der Waals surface area (Å²) >= 11 is 0. The fourth-order valence-electron chi connectivity index (χ4n) is 2.70. The van der Waals surface area contributed by atoms with Crippen molar-refractivity contribution in [3.8, 4) is 17.2 Å². The number of fused-ring (bicyclic) bond motifs is 1. The second-order valence-electron chi connectivity index (χ2n) is 5.12. The normalized spacial score (nSPS) is 16.5. The van der Waals surface area contributed by atoms with E-state index in [-0.39, 0.29) is 23.0 Å². The molecule has 6 heteroatoms. The number of benzene rings is 2. The van der Waals surface area contributed by atoms with E-state index in [9.17, 15) is 15.0 Å². The Balaban J connectivity index is 2.24. The van der Waals surface area contributed by atoms with Crippen molar-refractivity contribution in [1.82, 2.24) is 0 Å². The maximum Gasteiger partial charge on any atom is 0.340 e. The van der Waals surface area contributed by atoms with Crippen LogP contribution in [0.5, 0.6) is 17.2 Å². The predicted octanol–water partition coefficient (Wildman–Crippen LogP) is 1.97. The summed E-state index contributed by atoms with van der Waals surface area (Å²) in [6, 6.07) is 11.1. The Morgan fingerprint density at radius 1 is 1.17 bits per heavy atom. The summed E-state index contributed by atoms with van der Waals surface area (Å²) in [6.07, 6.45) is 0. The first-order valence-electron chi connectivity index (χ1n) is 6.89. The van der Waals surface area contributed by atoms with Crippen LogP contribution < -0.4 is 10.5 Å². The van der Waals surface area contributed by atoms with E-state index in [2.05, 4.69) is 0 Å². The molecule has 1 atom stereocenters. The molecule has 0 fully saturated rings. The summed E-state index contributed by atoms with van der Waals surface area (Å²) in [7, 11) is 1.26. The molecule has 0 bridgehead atoms. The van der Waals surface area contributed by atoms with Gasteiger partial charge in [0.2, 0.25) is 5.88 Å². The van der Waals surface area contributed by atoms with E-state index in [0.717, 1.165) is 0 Å². The predicted molar refractivity (Wildman–Crippen MR) is 81.9 cm³/mol. The molecule has 1 unspecified atom stereocenters. The van der Waals surface area contributed by atoms with Crippen molar-refractivity contribution in [2.24, 2.45) is 5.73 Å². The topological polar surface area (TPSA) is 102 Å². The molecule has 0 aliphatic carbocycles. The molecule has 2 aromatic rings. The third-order valence-electron chi connectivity index (χ3n) is 3.69. The SMILES string of the molecule is COC(=O)C1=C(N)Oc2cc(O)ccc2C1c1cccc(O)c1. The van der Waals surface area contributed by atoms with Crippen LogP contribution in [0.25, 0.3) is 0 Å². The molecule has 0 saturated heterocycles. The Kier molecular flexibility index (Phi) is 3.57. The molecule has 1 aliphatic heterocycles. The van der Waals surface area contributed by atoms with Crippen LogP contribution in [0.4, 0.5) is 0 Å². The largest absolute Gasteiger partial charge is 0.508 e. The second-order valence-corrected chi connectivity index (χ2v) is 5.12. The molecule has 2 aromatic carbocycles. The first kappa shape index (κ1) is 14.8. The van der Waals surface area contributed by atoms with Crippen molar-refractivity contribution in [3.63, 3.8) is 0 Å². The van der Waals surface area contributed by atoms with Crippen molar-refractivity contribution in [3.05, 3.63) is 65.0 Å². The van der Waals surface area contributed by atoms with Crippen LogP contribution in [0.2, 0.25) is 0 Å². The van der Waals surface area contributed by atoms with Crippen molar-refractivity contribution >= 4 is 5.97 Å². The molecule has 23 heavy (non-hydrogen) atoms. The third kappa shape index (κ3) is 2.55. The van der Waals surface area contributed by atoms with Gasteiger partial charge >= 0.3 is 5.97 Å². The number of ether oxygens (including phenoxy) is 2. The van der Waals surface area contributed by atoms with Gasteiger partial charge in [0.15, 0.2) is 0 Å². The molecular weight excluding hydrogens is 298 g/mol. The van der Waals surface area contributed by atoms with Crippen LogP contribution in [0.3, 0.4) is 0 Å². The van der Waals surface area contributed by atoms with Crippen LogP contribution >= 0.6 is 0 Å². The minimum Gasteiger partial charge on any atom is -0.508 e. The lowest BCUT2D eigenvalue weighted by Crippen LogP contribution is -2.26. The van der Waals surface area contributed by atoms with Crippen LogP contribution in [-0.4, -0.2) is 23.3 Å². The summed E-state index contributed by atoms with van der Waals surface area (Å²) in [5, 5.41) is 19.4. The van der Waals surface area contributed by atoms with Crippen LogP contribution in [0.15, 0.2) is 53.9 Å². The highest BCUT2D eigenvalue weighted by atomic mass is 16.5. The van der Waals surface area contributed by atoms with E-state index in [1.807, 2.05) is 0 Å². The molecule has 0 radical (unpaired) electrons. The van der Waals surface area contributed by atoms with Crippen LogP contribution in [-0.2, 0) is 9.53 Å². The fraction of sp³-hybridized carbons (Fsp3) is 0.118. The Morgan fingerprint density at radius 3 is 2.61 bits per heavy atom. The van der Waals surface area contributed by atoms with Gasteiger partial charge < -0.3 is 25.4 Å². The monoisotopic (exact) mass is 313 g/mol. The summed E-state index contributed by atoms with van der Waals surface area (Å²) in [4.78, 5) is 12.2. The van der Waals surface area contributed by atoms with Gasteiger partial charge in [-0.2, -0.15) is 0 Å². The number of methoxy groups -OCH3 is 1. The number of rotatable bonds is 2. The summed E-state index contributed by atoms with van der Waals surface area (Å²) in [6.45, 7) is 0. The highest BCUT2D eigenvalue weighted by Gasteiger charge is 2.35. The van der Waals surface area contributed by atoms with Gasteiger partial charge in [0.1, 0.15) is 22.8 Å². The van der Waals surface area contributed by atoms with Gasteiger partial charge in [0.25, 0.3) is 0 Å². The molecule has 0 saturated carbocycles. The second kappa shape index (κ2) is 5.57. The minimum atomic E-state index is -0.616. The molecule has 0 spiro atoms. The molecule has 0 aromatic heterocycles. The number of phenolic OH excluding ortho intramolecular Hbond substituents is 2. The summed E-state index contributed by atoms with van der Waals surface area (Å²) in [5.74, 6) is -0.843. The van der Waals surface area contributed by atoms with Gasteiger partial charge in [0, 0.05) is 11.6 Å². The van der Waals surface area contributed by atoms with E-state index in [1.165, 1.54) is 25.3 Å². The first-order valence-corrected chi connectivity index (χ1v) is 6.89. The fourth-order valence-corrected chi connectivity index (χ4v) is 2.70. The average Bonchev–Trinajstić information content (AvgIpc) is 2.52. The van der Waals surface area contributed by atoms with Crippen molar-refractivity contribution in [2.45, 2.75) is 5.92 Å². The standard InChI is InChI=1S/C17H15NO5/c1-22-17(21)15-14(9-3-2-4-10(19)7-9)12-6-5-11(20)8-13(12)23-16(15)18/h2-8,14,19-20H,18H2,1H3. The number of hydrogen-bond acceptors (Lipinski definition) is 6. The number of carbonyl (C=O) groups is 1. The number of hydrogen-bond donors (Lipinski definition) is 3. The Morgan fingerprint density at radius 2 is 1.91 bits per heavy atom. The Labute approximate surface area is 132 Å². The Bertz CT molecular complexity index is 812. The minimum absolute atomic E-state index is 0.0210. The molecule has 1 heterocycles. The molecule has 118 valence electrons. The molecule has 0 amide bonds. The highest BCUT2D eigenvalue weighted by molar-refractivity contribution is 5.92. The van der Waals surface area contributed by atoms with Gasteiger partial charge in [0.05, 0.1) is 13.0 Å². The van der Waals surface area contributed by atoms with E-state index >= 15 is 0 Å².